The van der Waals surface area contributed by atoms with Gasteiger partial charge in [0.15, 0.2) is 0 Å². The molecule has 3 N–H and O–H groups in total. The summed E-state index contributed by atoms with van der Waals surface area (Å²) in [4.78, 5) is 12.4. The van der Waals surface area contributed by atoms with Crippen molar-refractivity contribution in [1.82, 2.24) is 15.5 Å². The van der Waals surface area contributed by atoms with Gasteiger partial charge in [-0.1, -0.05) is 54.6 Å². The molecule has 1 aliphatic heterocycles. The van der Waals surface area contributed by atoms with E-state index in [0.29, 0.717) is 0 Å². The Morgan fingerprint density at radius 3 is 2.57 bits per heavy atom. The highest BCUT2D eigenvalue weighted by molar-refractivity contribution is 5.46. The summed E-state index contributed by atoms with van der Waals surface area (Å²) in [6.07, 6.45) is 2.83. The lowest BCUT2D eigenvalue weighted by Gasteiger charge is -2.41. The van der Waals surface area contributed by atoms with E-state index in [1.807, 2.05) is 30.3 Å². The number of nitrogens with zero attached hydrogens (tertiary/aromatic N) is 1. The third-order valence-electron chi connectivity index (χ3n) is 6.11. The third-order valence-corrected chi connectivity index (χ3v) is 6.11. The number of H-pyrrole nitrogens is 1. The predicted octanol–water partition coefficient (Wildman–Crippen LogP) is 3.12. The summed E-state index contributed by atoms with van der Waals surface area (Å²) in [5.41, 5.74) is 6.17. The molecule has 0 fully saturated rings. The van der Waals surface area contributed by atoms with Gasteiger partial charge in [0.25, 0.3) is 5.56 Å². The van der Waals surface area contributed by atoms with Gasteiger partial charge in [0, 0.05) is 29.1 Å². The number of aliphatic hydroxyl groups is 1. The standard InChI is InChI=1S/C23H23N3O2/c27-13-14-9-11-16(12-10-14)21-19(15-5-2-1-3-6-15)22-20-17(23(28)26-25-22)7-4-8-18(20)24-21/h1-3,5-6,9-12,18-19,21,24,27H,4,7-8,13H2,(H,26,28). The fourth-order valence-electron chi connectivity index (χ4n) is 4.78. The molecule has 1 aliphatic carbocycles. The average molecular weight is 373 g/mol. The van der Waals surface area contributed by atoms with Gasteiger partial charge < -0.3 is 10.4 Å². The lowest BCUT2D eigenvalue weighted by molar-refractivity contribution is 0.281. The van der Waals surface area contributed by atoms with E-state index in [0.717, 1.165) is 47.2 Å². The molecule has 28 heavy (non-hydrogen) atoms. The van der Waals surface area contributed by atoms with Crippen LogP contribution in [0.4, 0.5) is 0 Å². The van der Waals surface area contributed by atoms with Crippen molar-refractivity contribution in [3.05, 3.63) is 98.5 Å². The number of hydrogen-bond acceptors (Lipinski definition) is 4. The summed E-state index contributed by atoms with van der Waals surface area (Å²) in [7, 11) is 0. The minimum Gasteiger partial charge on any atom is -0.392 e. The van der Waals surface area contributed by atoms with Gasteiger partial charge in [-0.25, -0.2) is 5.10 Å². The number of aliphatic hydroxyl groups excluding tert-OH is 1. The van der Waals surface area contributed by atoms with Crippen molar-refractivity contribution in [2.24, 2.45) is 0 Å². The molecule has 0 spiro atoms. The van der Waals surface area contributed by atoms with Crippen molar-refractivity contribution >= 4 is 0 Å². The van der Waals surface area contributed by atoms with Crippen LogP contribution in [0.1, 0.15) is 64.4 Å². The lowest BCUT2D eigenvalue weighted by atomic mass is 9.74. The van der Waals surface area contributed by atoms with Gasteiger partial charge in [0.05, 0.1) is 12.3 Å². The van der Waals surface area contributed by atoms with Crippen molar-refractivity contribution in [1.29, 1.82) is 0 Å². The Morgan fingerprint density at radius 2 is 1.82 bits per heavy atom. The summed E-state index contributed by atoms with van der Waals surface area (Å²) in [6, 6.07) is 18.7. The van der Waals surface area contributed by atoms with E-state index in [1.165, 1.54) is 5.56 Å². The topological polar surface area (TPSA) is 78.0 Å². The first kappa shape index (κ1) is 17.3. The van der Waals surface area contributed by atoms with E-state index in [9.17, 15) is 9.90 Å². The normalized spacial score (nSPS) is 23.2. The van der Waals surface area contributed by atoms with Crippen molar-refractivity contribution in [3.8, 4) is 0 Å². The molecule has 142 valence electrons. The summed E-state index contributed by atoms with van der Waals surface area (Å²) < 4.78 is 0. The molecule has 5 heteroatoms. The fourth-order valence-corrected chi connectivity index (χ4v) is 4.78. The van der Waals surface area contributed by atoms with Gasteiger partial charge in [0.2, 0.25) is 0 Å². The number of rotatable bonds is 3. The average Bonchev–Trinajstić information content (AvgIpc) is 2.76. The van der Waals surface area contributed by atoms with Gasteiger partial charge in [-0.2, -0.15) is 5.10 Å². The first-order chi connectivity index (χ1) is 13.8. The number of hydrogen-bond donors (Lipinski definition) is 3. The SMILES string of the molecule is O=c1[nH]nc2c3c1CCCC3NC(c1ccc(CO)cc1)C2c1ccccc1. The maximum Gasteiger partial charge on any atom is 0.267 e. The quantitative estimate of drug-likeness (QED) is 0.659. The summed E-state index contributed by atoms with van der Waals surface area (Å²) in [5, 5.41) is 20.5. The molecule has 2 aromatic carbocycles. The van der Waals surface area contributed by atoms with Crippen LogP contribution in [-0.4, -0.2) is 15.3 Å². The Bertz CT molecular complexity index is 1040. The van der Waals surface area contributed by atoms with Crippen LogP contribution in [0.3, 0.4) is 0 Å². The first-order valence-electron chi connectivity index (χ1n) is 9.88. The summed E-state index contributed by atoms with van der Waals surface area (Å²) in [5.74, 6) is 0.0149. The molecule has 0 bridgehead atoms. The van der Waals surface area contributed by atoms with E-state index in [-0.39, 0.29) is 30.2 Å². The molecule has 0 amide bonds. The van der Waals surface area contributed by atoms with Crippen molar-refractivity contribution in [2.75, 3.05) is 0 Å². The smallest absolute Gasteiger partial charge is 0.267 e. The Morgan fingerprint density at radius 1 is 1.04 bits per heavy atom. The highest BCUT2D eigenvalue weighted by atomic mass is 16.3. The molecule has 0 radical (unpaired) electrons. The number of aromatic amines is 1. The molecule has 2 aliphatic rings. The van der Waals surface area contributed by atoms with Crippen LogP contribution in [0.2, 0.25) is 0 Å². The zero-order chi connectivity index (χ0) is 19.1. The molecule has 1 aromatic heterocycles. The Hall–Kier alpha value is -2.76. The maximum absolute atomic E-state index is 12.4. The van der Waals surface area contributed by atoms with Crippen LogP contribution in [0, 0.1) is 0 Å². The molecule has 0 saturated carbocycles. The molecule has 5 rings (SSSR count). The minimum atomic E-state index is -0.0530. The van der Waals surface area contributed by atoms with Crippen LogP contribution in [0.15, 0.2) is 59.4 Å². The molecule has 5 nitrogen and oxygen atoms in total. The minimum absolute atomic E-state index is 0.0149. The summed E-state index contributed by atoms with van der Waals surface area (Å²) in [6.45, 7) is 0.0398. The van der Waals surface area contributed by atoms with E-state index in [1.54, 1.807) is 0 Å². The van der Waals surface area contributed by atoms with Crippen LogP contribution >= 0.6 is 0 Å². The highest BCUT2D eigenvalue weighted by Gasteiger charge is 2.40. The van der Waals surface area contributed by atoms with E-state index in [4.69, 9.17) is 0 Å². The van der Waals surface area contributed by atoms with Crippen LogP contribution < -0.4 is 10.9 Å². The lowest BCUT2D eigenvalue weighted by Crippen LogP contribution is -2.42. The molecular formula is C23H23N3O2. The van der Waals surface area contributed by atoms with Gasteiger partial charge in [-0.05, 0) is 36.0 Å². The van der Waals surface area contributed by atoms with Gasteiger partial charge in [0.1, 0.15) is 0 Å². The number of aromatic nitrogens is 2. The van der Waals surface area contributed by atoms with E-state index in [2.05, 4.69) is 39.8 Å². The molecule has 3 atom stereocenters. The number of nitrogens with one attached hydrogen (secondary N) is 2. The van der Waals surface area contributed by atoms with Gasteiger partial charge in [-0.3, -0.25) is 4.79 Å². The second-order valence-electron chi connectivity index (χ2n) is 7.71. The molecule has 2 heterocycles. The fraction of sp³-hybridized carbons (Fsp3) is 0.304. The van der Waals surface area contributed by atoms with Gasteiger partial charge in [-0.15, -0.1) is 0 Å². The van der Waals surface area contributed by atoms with Crippen molar-refractivity contribution in [3.63, 3.8) is 0 Å². The zero-order valence-electron chi connectivity index (χ0n) is 15.6. The highest BCUT2D eigenvalue weighted by Crippen LogP contribution is 2.46. The molecule has 3 unspecified atom stereocenters. The second-order valence-corrected chi connectivity index (χ2v) is 7.71. The zero-order valence-corrected chi connectivity index (χ0v) is 15.6. The largest absolute Gasteiger partial charge is 0.392 e. The maximum atomic E-state index is 12.4. The van der Waals surface area contributed by atoms with Crippen LogP contribution in [0.5, 0.6) is 0 Å². The van der Waals surface area contributed by atoms with E-state index >= 15 is 0 Å². The monoisotopic (exact) mass is 373 g/mol. The Balaban J connectivity index is 1.70. The Labute approximate surface area is 163 Å². The third kappa shape index (κ3) is 2.79. The summed E-state index contributed by atoms with van der Waals surface area (Å²) >= 11 is 0. The molecular weight excluding hydrogens is 350 g/mol. The van der Waals surface area contributed by atoms with Crippen molar-refractivity contribution in [2.45, 2.75) is 43.9 Å². The molecule has 3 aromatic rings. The Kier molecular flexibility index (Phi) is 4.34. The van der Waals surface area contributed by atoms with Crippen LogP contribution in [0.25, 0.3) is 0 Å². The number of benzene rings is 2. The molecule has 0 saturated heterocycles. The van der Waals surface area contributed by atoms with E-state index < -0.39 is 0 Å². The van der Waals surface area contributed by atoms with Crippen LogP contribution in [-0.2, 0) is 13.0 Å². The second kappa shape index (κ2) is 7.00. The van der Waals surface area contributed by atoms with Crippen molar-refractivity contribution < 1.29 is 5.11 Å². The predicted molar refractivity (Wildman–Crippen MR) is 107 cm³/mol. The first-order valence-corrected chi connectivity index (χ1v) is 9.88. The van der Waals surface area contributed by atoms with Gasteiger partial charge >= 0.3 is 0 Å².